The van der Waals surface area contributed by atoms with Crippen LogP contribution in [0.1, 0.15) is 25.2 Å². The summed E-state index contributed by atoms with van der Waals surface area (Å²) in [5.74, 6) is 0.947. The molecular weight excluding hydrogens is 372 g/mol. The maximum Gasteiger partial charge on any atom is 0.332 e. The van der Waals surface area contributed by atoms with Gasteiger partial charge in [0.2, 0.25) is 0 Å². The van der Waals surface area contributed by atoms with E-state index in [0.717, 1.165) is 14.6 Å². The molecule has 0 saturated heterocycles. The zero-order valence-corrected chi connectivity index (χ0v) is 15.4. The number of aromatic amines is 1. The van der Waals surface area contributed by atoms with Crippen LogP contribution < -0.4 is 11.2 Å². The Morgan fingerprint density at radius 1 is 1.21 bits per heavy atom. The van der Waals surface area contributed by atoms with E-state index in [-0.39, 0.29) is 17.2 Å². The topological polar surface area (TPSA) is 72.7 Å². The summed E-state index contributed by atoms with van der Waals surface area (Å²) in [6.07, 6.45) is 0.570. The van der Waals surface area contributed by atoms with Gasteiger partial charge in [-0.2, -0.15) is 0 Å². The van der Waals surface area contributed by atoms with E-state index in [4.69, 9.17) is 0 Å². The van der Waals surface area contributed by atoms with Gasteiger partial charge < -0.3 is 4.98 Å². The Morgan fingerprint density at radius 3 is 2.50 bits per heavy atom. The van der Waals surface area contributed by atoms with E-state index in [1.165, 1.54) is 7.05 Å². The zero-order chi connectivity index (χ0) is 17.4. The fourth-order valence-corrected chi connectivity index (χ4v) is 2.96. The Hall–Kier alpha value is -2.15. The Labute approximate surface area is 147 Å². The first kappa shape index (κ1) is 16.7. The number of imidazole rings is 1. The molecule has 0 bridgehead atoms. The SMILES string of the molecule is CC(C)Cn1c(=O)n(C)c(=O)c2[nH]c(Cc3ccc(Br)cc3)nc21. The lowest BCUT2D eigenvalue weighted by Gasteiger charge is -2.10. The molecule has 0 aliphatic rings. The fourth-order valence-electron chi connectivity index (χ4n) is 2.69. The molecule has 0 atom stereocenters. The van der Waals surface area contributed by atoms with Crippen LogP contribution in [-0.4, -0.2) is 19.1 Å². The van der Waals surface area contributed by atoms with Crippen LogP contribution in [0.3, 0.4) is 0 Å². The molecule has 0 spiro atoms. The highest BCUT2D eigenvalue weighted by atomic mass is 79.9. The number of benzene rings is 1. The van der Waals surface area contributed by atoms with Crippen molar-refractivity contribution >= 4 is 27.1 Å². The van der Waals surface area contributed by atoms with Gasteiger partial charge in [-0.15, -0.1) is 0 Å². The van der Waals surface area contributed by atoms with Crippen molar-refractivity contribution in [1.82, 2.24) is 19.1 Å². The van der Waals surface area contributed by atoms with Crippen LogP contribution in [0.15, 0.2) is 38.3 Å². The Balaban J connectivity index is 2.12. The van der Waals surface area contributed by atoms with Crippen molar-refractivity contribution in [3.8, 4) is 0 Å². The van der Waals surface area contributed by atoms with Crippen LogP contribution >= 0.6 is 15.9 Å². The van der Waals surface area contributed by atoms with Gasteiger partial charge >= 0.3 is 5.69 Å². The van der Waals surface area contributed by atoms with E-state index >= 15 is 0 Å². The van der Waals surface area contributed by atoms with Gasteiger partial charge in [0.05, 0.1) is 0 Å². The van der Waals surface area contributed by atoms with Crippen molar-refractivity contribution in [2.75, 3.05) is 0 Å². The average Bonchev–Trinajstić information content (AvgIpc) is 2.95. The Morgan fingerprint density at radius 2 is 1.88 bits per heavy atom. The van der Waals surface area contributed by atoms with E-state index < -0.39 is 0 Å². The van der Waals surface area contributed by atoms with Gasteiger partial charge in [0, 0.05) is 24.5 Å². The highest BCUT2D eigenvalue weighted by Gasteiger charge is 2.16. The summed E-state index contributed by atoms with van der Waals surface area (Å²) < 4.78 is 3.71. The molecule has 0 saturated carbocycles. The third kappa shape index (κ3) is 3.08. The van der Waals surface area contributed by atoms with Gasteiger partial charge in [0.25, 0.3) is 5.56 Å². The van der Waals surface area contributed by atoms with Crippen LogP contribution in [-0.2, 0) is 20.0 Å². The molecule has 2 aromatic heterocycles. The quantitative estimate of drug-likeness (QED) is 0.743. The molecule has 7 heteroatoms. The molecule has 2 heterocycles. The molecule has 3 aromatic rings. The standard InChI is InChI=1S/C17H19BrN4O2/c1-10(2)9-22-15-14(16(23)21(3)17(22)24)19-13(20-15)8-11-4-6-12(18)7-5-11/h4-7,10H,8-9H2,1-3H3,(H,19,20). The summed E-state index contributed by atoms with van der Waals surface area (Å²) in [4.78, 5) is 32.4. The second kappa shape index (κ2) is 6.39. The van der Waals surface area contributed by atoms with E-state index in [0.29, 0.717) is 30.0 Å². The number of fused-ring (bicyclic) bond motifs is 1. The summed E-state index contributed by atoms with van der Waals surface area (Å²) in [5, 5.41) is 0. The Kier molecular flexibility index (Phi) is 4.45. The largest absolute Gasteiger partial charge is 0.336 e. The number of hydrogen-bond acceptors (Lipinski definition) is 3. The number of H-pyrrole nitrogens is 1. The summed E-state index contributed by atoms with van der Waals surface area (Å²) in [5.41, 5.74) is 1.22. The number of nitrogens with zero attached hydrogens (tertiary/aromatic N) is 3. The molecule has 24 heavy (non-hydrogen) atoms. The lowest BCUT2D eigenvalue weighted by Crippen LogP contribution is -2.38. The first-order chi connectivity index (χ1) is 11.4. The molecule has 0 fully saturated rings. The van der Waals surface area contributed by atoms with E-state index in [1.807, 2.05) is 38.1 Å². The molecule has 1 aromatic carbocycles. The summed E-state index contributed by atoms with van der Waals surface area (Å²) in [6.45, 7) is 4.57. The molecule has 0 unspecified atom stereocenters. The van der Waals surface area contributed by atoms with Gasteiger partial charge in [-0.05, 0) is 23.6 Å². The van der Waals surface area contributed by atoms with Crippen LogP contribution in [0.25, 0.3) is 11.2 Å². The number of rotatable bonds is 4. The van der Waals surface area contributed by atoms with Crippen LogP contribution in [0, 0.1) is 5.92 Å². The highest BCUT2D eigenvalue weighted by Crippen LogP contribution is 2.14. The third-order valence-electron chi connectivity index (χ3n) is 3.86. The molecule has 1 N–H and O–H groups in total. The number of hydrogen-bond donors (Lipinski definition) is 1. The van der Waals surface area contributed by atoms with Crippen LogP contribution in [0.5, 0.6) is 0 Å². The van der Waals surface area contributed by atoms with Crippen molar-refractivity contribution in [2.45, 2.75) is 26.8 Å². The normalized spacial score (nSPS) is 11.5. The van der Waals surface area contributed by atoms with Crippen molar-refractivity contribution in [3.05, 3.63) is 61.0 Å². The van der Waals surface area contributed by atoms with Gasteiger partial charge in [-0.3, -0.25) is 13.9 Å². The first-order valence-corrected chi connectivity index (χ1v) is 8.59. The maximum absolute atomic E-state index is 12.4. The number of nitrogens with one attached hydrogen (secondary N) is 1. The number of halogens is 1. The second-order valence-corrected chi connectivity index (χ2v) is 7.25. The maximum atomic E-state index is 12.4. The molecule has 3 rings (SSSR count). The lowest BCUT2D eigenvalue weighted by atomic mass is 10.1. The third-order valence-corrected chi connectivity index (χ3v) is 4.39. The summed E-state index contributed by atoms with van der Waals surface area (Å²) in [6, 6.07) is 7.92. The predicted molar refractivity (Wildman–Crippen MR) is 97.4 cm³/mol. The van der Waals surface area contributed by atoms with Gasteiger partial charge in [0.1, 0.15) is 11.3 Å². The minimum atomic E-state index is -0.343. The fraction of sp³-hybridized carbons (Fsp3) is 0.353. The van der Waals surface area contributed by atoms with Crippen molar-refractivity contribution in [3.63, 3.8) is 0 Å². The van der Waals surface area contributed by atoms with Gasteiger partial charge in [0.15, 0.2) is 5.65 Å². The van der Waals surface area contributed by atoms with Crippen molar-refractivity contribution in [1.29, 1.82) is 0 Å². The molecule has 0 aliphatic heterocycles. The molecule has 0 amide bonds. The second-order valence-electron chi connectivity index (χ2n) is 6.34. The van der Waals surface area contributed by atoms with Crippen LogP contribution in [0.2, 0.25) is 0 Å². The molecule has 0 radical (unpaired) electrons. The Bertz CT molecular complexity index is 996. The van der Waals surface area contributed by atoms with E-state index in [2.05, 4.69) is 25.9 Å². The first-order valence-electron chi connectivity index (χ1n) is 7.79. The minimum absolute atomic E-state index is 0.273. The highest BCUT2D eigenvalue weighted by molar-refractivity contribution is 9.10. The smallest absolute Gasteiger partial charge is 0.332 e. The minimum Gasteiger partial charge on any atom is -0.336 e. The van der Waals surface area contributed by atoms with E-state index in [9.17, 15) is 9.59 Å². The van der Waals surface area contributed by atoms with Crippen molar-refractivity contribution < 1.29 is 0 Å². The molecule has 0 aliphatic carbocycles. The molecule has 126 valence electrons. The van der Waals surface area contributed by atoms with Crippen molar-refractivity contribution in [2.24, 2.45) is 13.0 Å². The molecule has 6 nitrogen and oxygen atoms in total. The van der Waals surface area contributed by atoms with Gasteiger partial charge in [-0.25, -0.2) is 9.78 Å². The summed E-state index contributed by atoms with van der Waals surface area (Å²) in [7, 11) is 1.50. The molecular formula is C17H19BrN4O2. The lowest BCUT2D eigenvalue weighted by molar-refractivity contribution is 0.500. The zero-order valence-electron chi connectivity index (χ0n) is 13.8. The van der Waals surface area contributed by atoms with Crippen LogP contribution in [0.4, 0.5) is 0 Å². The monoisotopic (exact) mass is 390 g/mol. The number of aromatic nitrogens is 4. The van der Waals surface area contributed by atoms with E-state index in [1.54, 1.807) is 4.57 Å². The summed E-state index contributed by atoms with van der Waals surface area (Å²) >= 11 is 3.41. The average molecular weight is 391 g/mol. The van der Waals surface area contributed by atoms with Gasteiger partial charge in [-0.1, -0.05) is 41.9 Å². The predicted octanol–water partition coefficient (Wildman–Crippen LogP) is 2.43.